The maximum Gasteiger partial charge on any atom is 0.318 e. The van der Waals surface area contributed by atoms with Crippen LogP contribution in [0.2, 0.25) is 0 Å². The molecule has 1 aliphatic rings. The summed E-state index contributed by atoms with van der Waals surface area (Å²) in [5, 5.41) is 7.14. The number of carbonyl (C=O) groups excluding carboxylic acids is 3. The molecule has 9 nitrogen and oxygen atoms in total. The highest BCUT2D eigenvalue weighted by atomic mass is 16.2. The summed E-state index contributed by atoms with van der Waals surface area (Å²) in [6.45, 7) is 5.95. The average molecular weight is 623 g/mol. The van der Waals surface area contributed by atoms with Crippen LogP contribution in [0.25, 0.3) is 10.9 Å². The molecule has 4 amide bonds. The summed E-state index contributed by atoms with van der Waals surface area (Å²) in [5.41, 5.74) is 6.28. The normalized spacial score (nSPS) is 15.1. The number of piperidine rings is 1. The molecule has 0 saturated carbocycles. The van der Waals surface area contributed by atoms with Crippen molar-refractivity contribution in [1.82, 2.24) is 25.0 Å². The number of nitrogens with zero attached hydrogens (tertiary/aromatic N) is 3. The summed E-state index contributed by atoms with van der Waals surface area (Å²) in [4.78, 5) is 49.9. The number of aromatic amines is 1. The molecule has 1 aromatic heterocycles. The number of para-hydroxylation sites is 1. The number of urea groups is 1. The molecule has 0 radical (unpaired) electrons. The zero-order chi connectivity index (χ0) is 33.0. The number of H-pyrrole nitrogens is 1. The van der Waals surface area contributed by atoms with Crippen LogP contribution in [-0.4, -0.2) is 84.9 Å². The van der Waals surface area contributed by atoms with E-state index < -0.39 is 6.04 Å². The zero-order valence-corrected chi connectivity index (χ0v) is 27.8. The number of anilines is 1. The Labute approximate surface area is 271 Å². The number of aryl methyl sites for hydroxylation is 1. The van der Waals surface area contributed by atoms with E-state index in [2.05, 4.69) is 46.8 Å². The molecule has 242 valence electrons. The van der Waals surface area contributed by atoms with Crippen molar-refractivity contribution in [1.29, 1.82) is 0 Å². The van der Waals surface area contributed by atoms with Crippen LogP contribution in [0.5, 0.6) is 0 Å². The minimum absolute atomic E-state index is 0.214. The van der Waals surface area contributed by atoms with Crippen molar-refractivity contribution in [3.05, 3.63) is 101 Å². The Kier molecular flexibility index (Phi) is 10.1. The van der Waals surface area contributed by atoms with Crippen LogP contribution in [0.3, 0.4) is 0 Å². The number of hydrogen-bond acceptors (Lipinski definition) is 4. The number of hydrogen-bond donors (Lipinski definition) is 3. The van der Waals surface area contributed by atoms with E-state index in [1.54, 1.807) is 20.2 Å². The average Bonchev–Trinajstić information content (AvgIpc) is 3.47. The molecule has 0 aliphatic carbocycles. The Balaban J connectivity index is 1.41. The standard InChI is InChI=1S/C37H46N6O3/c1-24-11-7-8-12-28(24)27-17-19-43(20-18-27)37(46)40-34(25(2)31-22-38-32-14-10-9-13-29(31)32)35(44)39-33-21-26(23-41(3)4)15-16-30(33)36(45)42(5)6/h7-16,21-22,25,27,34,38H,17-20,23H2,1-6H3,(H,39,44)(H,40,46)/t25-,34-/m1/s1. The second-order valence-electron chi connectivity index (χ2n) is 12.9. The summed E-state index contributed by atoms with van der Waals surface area (Å²) >= 11 is 0. The van der Waals surface area contributed by atoms with Crippen LogP contribution in [0.1, 0.15) is 64.2 Å². The van der Waals surface area contributed by atoms with Crippen molar-refractivity contribution < 1.29 is 14.4 Å². The fourth-order valence-corrected chi connectivity index (χ4v) is 6.53. The van der Waals surface area contributed by atoms with Crippen LogP contribution in [0.4, 0.5) is 10.5 Å². The van der Waals surface area contributed by atoms with Gasteiger partial charge in [-0.2, -0.15) is 0 Å². The quantitative estimate of drug-likeness (QED) is 0.215. The number of benzene rings is 3. The first-order chi connectivity index (χ1) is 22.0. The molecule has 3 aromatic carbocycles. The number of amides is 4. The van der Waals surface area contributed by atoms with E-state index in [-0.39, 0.29) is 23.8 Å². The highest BCUT2D eigenvalue weighted by Crippen LogP contribution is 2.32. The highest BCUT2D eigenvalue weighted by molar-refractivity contribution is 6.06. The molecule has 46 heavy (non-hydrogen) atoms. The Morgan fingerprint density at radius 1 is 0.957 bits per heavy atom. The molecule has 1 aliphatic heterocycles. The highest BCUT2D eigenvalue weighted by Gasteiger charge is 2.33. The van der Waals surface area contributed by atoms with E-state index in [9.17, 15) is 14.4 Å². The maximum atomic E-state index is 14.3. The van der Waals surface area contributed by atoms with Crippen LogP contribution >= 0.6 is 0 Å². The van der Waals surface area contributed by atoms with Gasteiger partial charge in [0.15, 0.2) is 0 Å². The smallest absolute Gasteiger partial charge is 0.318 e. The molecule has 0 bridgehead atoms. The number of nitrogens with one attached hydrogen (secondary N) is 3. The Hall–Kier alpha value is -4.63. The van der Waals surface area contributed by atoms with E-state index in [4.69, 9.17) is 0 Å². The predicted octanol–water partition coefficient (Wildman–Crippen LogP) is 5.94. The summed E-state index contributed by atoms with van der Waals surface area (Å²) in [6, 6.07) is 20.7. The maximum absolute atomic E-state index is 14.3. The number of fused-ring (bicyclic) bond motifs is 1. The lowest BCUT2D eigenvalue weighted by Crippen LogP contribution is -2.53. The van der Waals surface area contributed by atoms with Crippen LogP contribution in [-0.2, 0) is 11.3 Å². The number of likely N-dealkylation sites (tertiary alicyclic amines) is 1. The second-order valence-corrected chi connectivity index (χ2v) is 12.9. The Morgan fingerprint density at radius 2 is 1.65 bits per heavy atom. The van der Waals surface area contributed by atoms with Gasteiger partial charge in [-0.15, -0.1) is 0 Å². The van der Waals surface area contributed by atoms with Crippen LogP contribution < -0.4 is 10.6 Å². The van der Waals surface area contributed by atoms with Gasteiger partial charge in [-0.05, 0) is 80.2 Å². The lowest BCUT2D eigenvalue weighted by atomic mass is 9.87. The lowest BCUT2D eigenvalue weighted by Gasteiger charge is -2.34. The van der Waals surface area contributed by atoms with Crippen molar-refractivity contribution in [3.8, 4) is 0 Å². The minimum atomic E-state index is -0.902. The molecule has 9 heteroatoms. The molecule has 2 atom stereocenters. The summed E-state index contributed by atoms with van der Waals surface area (Å²) in [7, 11) is 7.31. The topological polar surface area (TPSA) is 101 Å². The van der Waals surface area contributed by atoms with Gasteiger partial charge in [-0.25, -0.2) is 4.79 Å². The van der Waals surface area contributed by atoms with Gasteiger partial charge >= 0.3 is 6.03 Å². The largest absolute Gasteiger partial charge is 0.361 e. The predicted molar refractivity (Wildman–Crippen MR) is 184 cm³/mol. The number of carbonyl (C=O) groups is 3. The first-order valence-electron chi connectivity index (χ1n) is 16.0. The molecule has 3 N–H and O–H groups in total. The molecule has 0 spiro atoms. The summed E-state index contributed by atoms with van der Waals surface area (Å²) in [5.74, 6) is -0.566. The molecule has 2 heterocycles. The van der Waals surface area contributed by atoms with Crippen molar-refractivity contribution in [2.24, 2.45) is 0 Å². The molecule has 4 aromatic rings. The number of aromatic nitrogens is 1. The summed E-state index contributed by atoms with van der Waals surface area (Å²) in [6.07, 6.45) is 3.64. The van der Waals surface area contributed by atoms with Gasteiger partial charge in [-0.1, -0.05) is 55.5 Å². The SMILES string of the molecule is Cc1ccccc1C1CCN(C(=O)N[C@@H](C(=O)Nc2cc(CN(C)C)ccc2C(=O)N(C)C)[C@H](C)c2c[nH]c3ccccc23)CC1. The van der Waals surface area contributed by atoms with Crippen LogP contribution in [0, 0.1) is 6.92 Å². The minimum Gasteiger partial charge on any atom is -0.361 e. The van der Waals surface area contributed by atoms with E-state index in [1.165, 1.54) is 16.0 Å². The molecule has 1 saturated heterocycles. The van der Waals surface area contributed by atoms with Gasteiger partial charge in [-0.3, -0.25) is 9.59 Å². The second kappa shape index (κ2) is 14.2. The van der Waals surface area contributed by atoms with Gasteiger partial charge in [0.2, 0.25) is 5.91 Å². The van der Waals surface area contributed by atoms with Gasteiger partial charge in [0, 0.05) is 56.7 Å². The third kappa shape index (κ3) is 7.26. The van der Waals surface area contributed by atoms with Crippen LogP contribution in [0.15, 0.2) is 72.9 Å². The molecule has 0 unspecified atom stereocenters. The third-order valence-electron chi connectivity index (χ3n) is 9.06. The van der Waals surface area contributed by atoms with Gasteiger partial charge < -0.3 is 30.3 Å². The fraction of sp³-hybridized carbons (Fsp3) is 0.378. The van der Waals surface area contributed by atoms with E-state index >= 15 is 0 Å². The number of rotatable bonds is 9. The molecule has 5 rings (SSSR count). The third-order valence-corrected chi connectivity index (χ3v) is 9.06. The Morgan fingerprint density at radius 3 is 2.35 bits per heavy atom. The molecular weight excluding hydrogens is 576 g/mol. The van der Waals surface area contributed by atoms with Crippen molar-refractivity contribution in [2.75, 3.05) is 46.6 Å². The lowest BCUT2D eigenvalue weighted by molar-refractivity contribution is -0.118. The van der Waals surface area contributed by atoms with Gasteiger partial charge in [0.1, 0.15) is 6.04 Å². The Bertz CT molecular complexity index is 1700. The van der Waals surface area contributed by atoms with E-state index in [1.807, 2.05) is 73.4 Å². The first-order valence-corrected chi connectivity index (χ1v) is 16.0. The summed E-state index contributed by atoms with van der Waals surface area (Å²) < 4.78 is 0. The molecular formula is C37H46N6O3. The van der Waals surface area contributed by atoms with Crippen molar-refractivity contribution in [3.63, 3.8) is 0 Å². The van der Waals surface area contributed by atoms with Gasteiger partial charge in [0.25, 0.3) is 5.91 Å². The fourth-order valence-electron chi connectivity index (χ4n) is 6.53. The van der Waals surface area contributed by atoms with Crippen molar-refractivity contribution in [2.45, 2.75) is 51.1 Å². The van der Waals surface area contributed by atoms with Crippen molar-refractivity contribution >= 4 is 34.4 Å². The zero-order valence-electron chi connectivity index (χ0n) is 27.8. The first kappa shape index (κ1) is 32.8. The van der Waals surface area contributed by atoms with E-state index in [0.717, 1.165) is 34.9 Å². The van der Waals surface area contributed by atoms with Gasteiger partial charge in [0.05, 0.1) is 11.3 Å². The molecule has 1 fully saturated rings. The monoisotopic (exact) mass is 622 g/mol. The van der Waals surface area contributed by atoms with E-state index in [0.29, 0.717) is 36.8 Å².